The van der Waals surface area contributed by atoms with Gasteiger partial charge in [-0.05, 0) is 24.3 Å². The Labute approximate surface area is 178 Å². The molecule has 0 aromatic heterocycles. The Morgan fingerprint density at radius 1 is 0.774 bits per heavy atom. The maximum absolute atomic E-state index is 12.7. The van der Waals surface area contributed by atoms with Gasteiger partial charge < -0.3 is 28.8 Å². The highest BCUT2D eigenvalue weighted by molar-refractivity contribution is 5.90. The first-order valence-electron chi connectivity index (χ1n) is 9.42. The fourth-order valence-electron chi connectivity index (χ4n) is 3.18. The largest absolute Gasteiger partial charge is 0.467 e. The zero-order valence-corrected chi connectivity index (χ0v) is 16.9. The molecule has 0 spiro atoms. The van der Waals surface area contributed by atoms with Crippen LogP contribution in [0.1, 0.15) is 20.7 Å². The number of aliphatic hydroxyl groups is 1. The van der Waals surface area contributed by atoms with Crippen molar-refractivity contribution >= 4 is 17.9 Å². The molecule has 1 heterocycles. The van der Waals surface area contributed by atoms with Gasteiger partial charge >= 0.3 is 17.9 Å². The average Bonchev–Trinajstić information content (AvgIpc) is 2.81. The van der Waals surface area contributed by atoms with E-state index in [1.165, 1.54) is 31.4 Å². The van der Waals surface area contributed by atoms with Gasteiger partial charge in [-0.15, -0.1) is 0 Å². The second kappa shape index (κ2) is 10.2. The molecular weight excluding hydrogens is 408 g/mol. The van der Waals surface area contributed by atoms with Crippen LogP contribution in [0, 0.1) is 0 Å². The van der Waals surface area contributed by atoms with Gasteiger partial charge in [-0.1, -0.05) is 36.4 Å². The Morgan fingerprint density at radius 2 is 1.26 bits per heavy atom. The molecule has 9 nitrogen and oxygen atoms in total. The maximum Gasteiger partial charge on any atom is 0.338 e. The zero-order chi connectivity index (χ0) is 22.4. The summed E-state index contributed by atoms with van der Waals surface area (Å²) in [7, 11) is 2.40. The highest BCUT2D eigenvalue weighted by atomic mass is 16.7. The molecule has 3 rings (SSSR count). The van der Waals surface area contributed by atoms with Crippen LogP contribution in [0.25, 0.3) is 0 Å². The second-order valence-corrected chi connectivity index (χ2v) is 6.64. The summed E-state index contributed by atoms with van der Waals surface area (Å²) < 4.78 is 26.3. The number of ether oxygens (including phenoxy) is 5. The van der Waals surface area contributed by atoms with Crippen molar-refractivity contribution in [3.63, 3.8) is 0 Å². The molecule has 2 aromatic rings. The monoisotopic (exact) mass is 430 g/mol. The molecule has 1 saturated heterocycles. The van der Waals surface area contributed by atoms with Crippen molar-refractivity contribution in [1.82, 2.24) is 0 Å². The van der Waals surface area contributed by atoms with Gasteiger partial charge in [0.25, 0.3) is 0 Å². The molecule has 0 bridgehead atoms. The van der Waals surface area contributed by atoms with E-state index in [9.17, 15) is 19.5 Å². The quantitative estimate of drug-likeness (QED) is 0.535. The molecule has 1 N–H and O–H groups in total. The van der Waals surface area contributed by atoms with Gasteiger partial charge in [0.05, 0.1) is 18.2 Å². The SMILES string of the molecule is COC(=O)[C@H]1OC(O)[C@H](OC(=O)c2ccccc2)[C@@H](OC(=O)c2ccccc2)[C@@H]1OC. The summed E-state index contributed by atoms with van der Waals surface area (Å²) >= 11 is 0. The number of benzene rings is 2. The van der Waals surface area contributed by atoms with Gasteiger partial charge in [0.2, 0.25) is 0 Å². The molecule has 0 amide bonds. The van der Waals surface area contributed by atoms with Gasteiger partial charge in [0, 0.05) is 7.11 Å². The molecule has 1 unspecified atom stereocenters. The number of carbonyl (C=O) groups excluding carboxylic acids is 3. The van der Waals surface area contributed by atoms with E-state index in [0.29, 0.717) is 0 Å². The smallest absolute Gasteiger partial charge is 0.338 e. The summed E-state index contributed by atoms with van der Waals surface area (Å²) in [6, 6.07) is 16.1. The number of esters is 3. The minimum Gasteiger partial charge on any atom is -0.467 e. The van der Waals surface area contributed by atoms with Crippen LogP contribution in [-0.4, -0.2) is 67.9 Å². The summed E-state index contributed by atoms with van der Waals surface area (Å²) in [5.41, 5.74) is 0.438. The molecule has 31 heavy (non-hydrogen) atoms. The van der Waals surface area contributed by atoms with E-state index < -0.39 is 48.6 Å². The highest BCUT2D eigenvalue weighted by Crippen LogP contribution is 2.29. The summed E-state index contributed by atoms with van der Waals surface area (Å²) in [6.07, 6.45) is -7.23. The van der Waals surface area contributed by atoms with E-state index >= 15 is 0 Å². The molecule has 0 radical (unpaired) electrons. The van der Waals surface area contributed by atoms with E-state index in [4.69, 9.17) is 23.7 Å². The van der Waals surface area contributed by atoms with Crippen molar-refractivity contribution in [3.05, 3.63) is 71.8 Å². The maximum atomic E-state index is 12.7. The normalized spacial score (nSPS) is 25.3. The molecular formula is C22H22O9. The lowest BCUT2D eigenvalue weighted by Gasteiger charge is -2.41. The predicted octanol–water partition coefficient (Wildman–Crippen LogP) is 1.34. The predicted molar refractivity (Wildman–Crippen MR) is 105 cm³/mol. The van der Waals surface area contributed by atoms with Crippen LogP contribution in [0.4, 0.5) is 0 Å². The zero-order valence-electron chi connectivity index (χ0n) is 16.9. The van der Waals surface area contributed by atoms with E-state index in [2.05, 4.69) is 0 Å². The van der Waals surface area contributed by atoms with Gasteiger partial charge in [0.15, 0.2) is 24.6 Å². The lowest BCUT2D eigenvalue weighted by Crippen LogP contribution is -2.62. The molecule has 1 fully saturated rings. The van der Waals surface area contributed by atoms with Crippen LogP contribution in [0.5, 0.6) is 0 Å². The number of hydrogen-bond donors (Lipinski definition) is 1. The number of hydrogen-bond acceptors (Lipinski definition) is 9. The first-order valence-corrected chi connectivity index (χ1v) is 9.42. The molecule has 1 aliphatic heterocycles. The Bertz CT molecular complexity index is 900. The molecule has 1 aliphatic rings. The lowest BCUT2D eigenvalue weighted by atomic mass is 9.97. The minimum atomic E-state index is -1.78. The van der Waals surface area contributed by atoms with Crippen LogP contribution in [0.15, 0.2) is 60.7 Å². The highest BCUT2D eigenvalue weighted by Gasteiger charge is 2.53. The van der Waals surface area contributed by atoms with E-state index in [1.54, 1.807) is 36.4 Å². The van der Waals surface area contributed by atoms with E-state index in [-0.39, 0.29) is 11.1 Å². The first-order chi connectivity index (χ1) is 15.0. The van der Waals surface area contributed by atoms with Gasteiger partial charge in [-0.3, -0.25) is 0 Å². The Kier molecular flexibility index (Phi) is 7.35. The molecule has 9 heteroatoms. The third-order valence-corrected chi connectivity index (χ3v) is 4.72. The molecule has 0 saturated carbocycles. The third-order valence-electron chi connectivity index (χ3n) is 4.72. The topological polar surface area (TPSA) is 118 Å². The standard InChI is InChI=1S/C22H22O9/c1-27-15-16(29-19(23)13-9-5-3-6-10-13)18(22(26)31-17(15)21(25)28-2)30-20(24)14-11-7-4-8-12-14/h3-12,15-18,22,26H,1-2H3/t15-,16-,17-,18+,22?/m0/s1. The van der Waals surface area contributed by atoms with Crippen LogP contribution < -0.4 is 0 Å². The Hall–Kier alpha value is -3.27. The van der Waals surface area contributed by atoms with Crippen LogP contribution in [-0.2, 0) is 28.5 Å². The van der Waals surface area contributed by atoms with Crippen molar-refractivity contribution in [3.8, 4) is 0 Å². The van der Waals surface area contributed by atoms with E-state index in [0.717, 1.165) is 7.11 Å². The molecule has 2 aromatic carbocycles. The summed E-state index contributed by atoms with van der Waals surface area (Å²) in [5.74, 6) is -2.38. The van der Waals surface area contributed by atoms with Crippen LogP contribution >= 0.6 is 0 Å². The lowest BCUT2D eigenvalue weighted by molar-refractivity contribution is -0.282. The van der Waals surface area contributed by atoms with E-state index in [1.807, 2.05) is 0 Å². The Morgan fingerprint density at radius 3 is 1.71 bits per heavy atom. The second-order valence-electron chi connectivity index (χ2n) is 6.64. The van der Waals surface area contributed by atoms with Crippen molar-refractivity contribution in [2.24, 2.45) is 0 Å². The number of aliphatic hydroxyl groups excluding tert-OH is 1. The first kappa shape index (κ1) is 22.4. The van der Waals surface area contributed by atoms with Crippen LogP contribution in [0.2, 0.25) is 0 Å². The minimum absolute atomic E-state index is 0.215. The summed E-state index contributed by atoms with van der Waals surface area (Å²) in [4.78, 5) is 37.4. The number of methoxy groups -OCH3 is 2. The average molecular weight is 430 g/mol. The van der Waals surface area contributed by atoms with Crippen molar-refractivity contribution < 1.29 is 43.2 Å². The van der Waals surface area contributed by atoms with Gasteiger partial charge in [-0.2, -0.15) is 0 Å². The summed E-state index contributed by atoms with van der Waals surface area (Å²) in [6.45, 7) is 0. The Balaban J connectivity index is 1.90. The fraction of sp³-hybridized carbons (Fsp3) is 0.318. The third kappa shape index (κ3) is 5.08. The van der Waals surface area contributed by atoms with Gasteiger partial charge in [0.1, 0.15) is 6.10 Å². The molecule has 5 atom stereocenters. The molecule has 0 aliphatic carbocycles. The van der Waals surface area contributed by atoms with Crippen molar-refractivity contribution in [1.29, 1.82) is 0 Å². The fourth-order valence-corrected chi connectivity index (χ4v) is 3.18. The summed E-state index contributed by atoms with van der Waals surface area (Å²) in [5, 5.41) is 10.5. The number of rotatable bonds is 6. The number of carbonyl (C=O) groups is 3. The van der Waals surface area contributed by atoms with Crippen molar-refractivity contribution in [2.75, 3.05) is 14.2 Å². The molecule has 164 valence electrons. The van der Waals surface area contributed by atoms with Gasteiger partial charge in [-0.25, -0.2) is 14.4 Å². The van der Waals surface area contributed by atoms with Crippen molar-refractivity contribution in [2.45, 2.75) is 30.7 Å². The van der Waals surface area contributed by atoms with Crippen LogP contribution in [0.3, 0.4) is 0 Å².